The van der Waals surface area contributed by atoms with E-state index in [1.54, 1.807) is 19.1 Å². The average molecular weight is 340 g/mol. The maximum Gasteiger partial charge on any atom is 0.126 e. The lowest BCUT2D eigenvalue weighted by atomic mass is 9.86. The number of hydrogen-bond acceptors (Lipinski definition) is 1. The lowest BCUT2D eigenvalue weighted by molar-refractivity contribution is 0.483. The molecule has 1 unspecified atom stereocenters. The van der Waals surface area contributed by atoms with Crippen LogP contribution in [0.4, 0.5) is 8.78 Å². The summed E-state index contributed by atoms with van der Waals surface area (Å²) in [5.74, 6) is -0.591. The van der Waals surface area contributed by atoms with E-state index in [1.165, 1.54) is 18.2 Å². The van der Waals surface area contributed by atoms with Crippen LogP contribution in [0.5, 0.6) is 0 Å². The van der Waals surface area contributed by atoms with E-state index in [1.807, 2.05) is 13.0 Å². The summed E-state index contributed by atoms with van der Waals surface area (Å²) in [5, 5.41) is 0. The maximum atomic E-state index is 13.7. The van der Waals surface area contributed by atoms with Crippen molar-refractivity contribution in [3.05, 3.63) is 69.2 Å². The third-order valence-electron chi connectivity index (χ3n) is 3.40. The highest BCUT2D eigenvalue weighted by atomic mass is 79.9. The van der Waals surface area contributed by atoms with Crippen molar-refractivity contribution in [2.45, 2.75) is 25.8 Å². The number of aryl methyl sites for hydroxylation is 1. The van der Waals surface area contributed by atoms with Crippen LogP contribution in [0.2, 0.25) is 0 Å². The monoisotopic (exact) mass is 339 g/mol. The molecule has 0 saturated carbocycles. The van der Waals surface area contributed by atoms with Crippen molar-refractivity contribution in [1.82, 2.24) is 0 Å². The first-order chi connectivity index (χ1) is 9.29. The fourth-order valence-corrected chi connectivity index (χ4v) is 2.51. The second kappa shape index (κ2) is 5.62. The molecular weight excluding hydrogens is 324 g/mol. The van der Waals surface area contributed by atoms with Gasteiger partial charge in [-0.3, -0.25) is 0 Å². The zero-order valence-corrected chi connectivity index (χ0v) is 13.0. The molecule has 0 heterocycles. The SMILES string of the molecule is Cc1ccc(C(C)(N)Cc2cc(F)ccc2Br)cc1F. The first-order valence-electron chi connectivity index (χ1n) is 6.29. The average Bonchev–Trinajstić information content (AvgIpc) is 2.36. The minimum Gasteiger partial charge on any atom is -0.321 e. The summed E-state index contributed by atoms with van der Waals surface area (Å²) in [6, 6.07) is 9.44. The fourth-order valence-electron chi connectivity index (χ4n) is 2.12. The molecule has 0 fully saturated rings. The molecule has 2 aromatic rings. The minimum atomic E-state index is -0.773. The zero-order valence-electron chi connectivity index (χ0n) is 11.4. The van der Waals surface area contributed by atoms with Crippen molar-refractivity contribution < 1.29 is 8.78 Å². The molecule has 20 heavy (non-hydrogen) atoms. The first kappa shape index (κ1) is 15.1. The highest BCUT2D eigenvalue weighted by Crippen LogP contribution is 2.28. The molecule has 0 aliphatic heterocycles. The summed E-state index contributed by atoms with van der Waals surface area (Å²) in [6.45, 7) is 3.52. The Labute approximate surface area is 125 Å². The van der Waals surface area contributed by atoms with Gasteiger partial charge in [-0.1, -0.05) is 28.1 Å². The Morgan fingerprint density at radius 2 is 1.85 bits per heavy atom. The molecule has 2 aromatic carbocycles. The lowest BCUT2D eigenvalue weighted by Crippen LogP contribution is -2.35. The van der Waals surface area contributed by atoms with Crippen LogP contribution >= 0.6 is 15.9 Å². The fraction of sp³-hybridized carbons (Fsp3) is 0.250. The smallest absolute Gasteiger partial charge is 0.126 e. The molecule has 0 amide bonds. The topological polar surface area (TPSA) is 26.0 Å². The molecule has 2 N–H and O–H groups in total. The second-order valence-corrected chi connectivity index (χ2v) is 6.15. The van der Waals surface area contributed by atoms with Gasteiger partial charge in [-0.2, -0.15) is 0 Å². The molecule has 1 nitrogen and oxygen atoms in total. The van der Waals surface area contributed by atoms with Crippen LogP contribution in [0.1, 0.15) is 23.6 Å². The summed E-state index contributed by atoms with van der Waals surface area (Å²) in [7, 11) is 0. The predicted octanol–water partition coefficient (Wildman–Crippen LogP) is 4.45. The second-order valence-electron chi connectivity index (χ2n) is 5.29. The summed E-state index contributed by atoms with van der Waals surface area (Å²) in [6.07, 6.45) is 0.411. The summed E-state index contributed by atoms with van der Waals surface area (Å²) in [5.41, 5.74) is 7.56. The van der Waals surface area contributed by atoms with Gasteiger partial charge in [0.2, 0.25) is 0 Å². The first-order valence-corrected chi connectivity index (χ1v) is 7.08. The zero-order chi connectivity index (χ0) is 14.9. The van der Waals surface area contributed by atoms with Crippen molar-refractivity contribution >= 4 is 15.9 Å². The molecule has 0 bridgehead atoms. The molecule has 4 heteroatoms. The van der Waals surface area contributed by atoms with Crippen molar-refractivity contribution in [3.63, 3.8) is 0 Å². The standard InChI is InChI=1S/C16H16BrF2N/c1-10-3-4-12(8-15(10)19)16(2,20)9-11-7-13(18)5-6-14(11)17/h3-8H,9,20H2,1-2H3. The summed E-state index contributed by atoms with van der Waals surface area (Å²) >= 11 is 3.39. The van der Waals surface area contributed by atoms with Crippen molar-refractivity contribution in [3.8, 4) is 0 Å². The van der Waals surface area contributed by atoms with Gasteiger partial charge >= 0.3 is 0 Å². The summed E-state index contributed by atoms with van der Waals surface area (Å²) in [4.78, 5) is 0. The van der Waals surface area contributed by atoms with Crippen LogP contribution in [0, 0.1) is 18.6 Å². The molecule has 0 aliphatic carbocycles. The number of halogens is 3. The van der Waals surface area contributed by atoms with Crippen LogP contribution < -0.4 is 5.73 Å². The minimum absolute atomic E-state index is 0.280. The molecule has 1 atom stereocenters. The number of nitrogens with two attached hydrogens (primary N) is 1. The van der Waals surface area contributed by atoms with Gasteiger partial charge in [0.25, 0.3) is 0 Å². The van der Waals surface area contributed by atoms with Crippen molar-refractivity contribution in [2.75, 3.05) is 0 Å². The quantitative estimate of drug-likeness (QED) is 0.878. The van der Waals surface area contributed by atoms with Crippen LogP contribution in [-0.2, 0) is 12.0 Å². The van der Waals surface area contributed by atoms with Crippen molar-refractivity contribution in [2.24, 2.45) is 5.73 Å². The number of hydrogen-bond donors (Lipinski definition) is 1. The van der Waals surface area contributed by atoms with Crippen molar-refractivity contribution in [1.29, 1.82) is 0 Å². The van der Waals surface area contributed by atoms with Gasteiger partial charge < -0.3 is 5.73 Å². The van der Waals surface area contributed by atoms with Gasteiger partial charge in [0, 0.05) is 10.0 Å². The maximum absolute atomic E-state index is 13.7. The highest BCUT2D eigenvalue weighted by Gasteiger charge is 2.24. The van der Waals surface area contributed by atoms with Gasteiger partial charge in [-0.25, -0.2) is 8.78 Å². The van der Waals surface area contributed by atoms with E-state index in [4.69, 9.17) is 5.73 Å². The number of benzene rings is 2. The third-order valence-corrected chi connectivity index (χ3v) is 4.17. The van der Waals surface area contributed by atoms with Crippen LogP contribution in [0.15, 0.2) is 40.9 Å². The van der Waals surface area contributed by atoms with Gasteiger partial charge in [-0.05, 0) is 61.2 Å². The molecule has 0 aliphatic rings. The van der Waals surface area contributed by atoms with E-state index < -0.39 is 5.54 Å². The molecular formula is C16H16BrF2N. The Kier molecular flexibility index (Phi) is 4.25. The molecule has 0 saturated heterocycles. The largest absolute Gasteiger partial charge is 0.321 e. The number of rotatable bonds is 3. The van der Waals surface area contributed by atoms with Gasteiger partial charge in [0.05, 0.1) is 0 Å². The molecule has 0 spiro atoms. The molecule has 2 rings (SSSR count). The normalized spacial score (nSPS) is 14.1. The van der Waals surface area contributed by atoms with Crippen LogP contribution in [-0.4, -0.2) is 0 Å². The molecule has 106 valence electrons. The predicted molar refractivity (Wildman–Crippen MR) is 80.5 cm³/mol. The van der Waals surface area contributed by atoms with E-state index >= 15 is 0 Å². The Hall–Kier alpha value is -1.26. The van der Waals surface area contributed by atoms with Gasteiger partial charge in [0.15, 0.2) is 0 Å². The third kappa shape index (κ3) is 3.25. The molecule has 0 radical (unpaired) electrons. The van der Waals surface area contributed by atoms with E-state index in [2.05, 4.69) is 15.9 Å². The summed E-state index contributed by atoms with van der Waals surface area (Å²) < 4.78 is 27.8. The Morgan fingerprint density at radius 1 is 1.15 bits per heavy atom. The lowest BCUT2D eigenvalue weighted by Gasteiger charge is -2.26. The van der Waals surface area contributed by atoms with Crippen LogP contribution in [0.25, 0.3) is 0 Å². The Bertz CT molecular complexity index is 638. The molecule has 0 aromatic heterocycles. The Morgan fingerprint density at radius 3 is 2.50 bits per heavy atom. The highest BCUT2D eigenvalue weighted by molar-refractivity contribution is 9.10. The van der Waals surface area contributed by atoms with Gasteiger partial charge in [0.1, 0.15) is 11.6 Å². The Balaban J connectivity index is 2.34. The van der Waals surface area contributed by atoms with E-state index in [0.717, 1.165) is 10.0 Å². The van der Waals surface area contributed by atoms with E-state index in [-0.39, 0.29) is 11.6 Å². The van der Waals surface area contributed by atoms with E-state index in [9.17, 15) is 8.78 Å². The van der Waals surface area contributed by atoms with Gasteiger partial charge in [-0.15, -0.1) is 0 Å². The van der Waals surface area contributed by atoms with E-state index in [0.29, 0.717) is 17.5 Å². The van der Waals surface area contributed by atoms with Crippen LogP contribution in [0.3, 0.4) is 0 Å².